The minimum absolute atomic E-state index is 0.0409. The number of hydrogen-bond acceptors (Lipinski definition) is 5. The molecule has 1 unspecified atom stereocenters. The Hall–Kier alpha value is -3.39. The Balaban J connectivity index is 1.57. The van der Waals surface area contributed by atoms with Crippen LogP contribution in [0.4, 0.5) is 0 Å². The van der Waals surface area contributed by atoms with Gasteiger partial charge in [0.15, 0.2) is 11.7 Å². The first-order chi connectivity index (χ1) is 14.8. The maximum atomic E-state index is 12.6. The molecule has 2 aromatic rings. The van der Waals surface area contributed by atoms with Gasteiger partial charge in [-0.05, 0) is 35.4 Å². The quantitative estimate of drug-likeness (QED) is 0.602. The number of likely N-dealkylation sites (tertiary alicyclic amines) is 1. The minimum atomic E-state index is -1.50. The fourth-order valence-electron chi connectivity index (χ4n) is 3.16. The Morgan fingerprint density at radius 1 is 1.06 bits per heavy atom. The number of carbonyl (C=O) groups excluding carboxylic acids is 3. The van der Waals surface area contributed by atoms with Crippen LogP contribution in [0.5, 0.6) is 5.75 Å². The van der Waals surface area contributed by atoms with E-state index in [1.54, 1.807) is 36.4 Å². The highest BCUT2D eigenvalue weighted by Gasteiger charge is 2.40. The van der Waals surface area contributed by atoms with E-state index in [0.29, 0.717) is 17.4 Å². The van der Waals surface area contributed by atoms with Gasteiger partial charge in [-0.3, -0.25) is 19.2 Å². The zero-order valence-electron chi connectivity index (χ0n) is 16.5. The molecule has 0 bridgehead atoms. The van der Waals surface area contributed by atoms with Crippen LogP contribution in [0.25, 0.3) is 0 Å². The summed E-state index contributed by atoms with van der Waals surface area (Å²) in [7, 11) is 0. The molecule has 0 radical (unpaired) electrons. The molecule has 31 heavy (non-hydrogen) atoms. The summed E-state index contributed by atoms with van der Waals surface area (Å²) in [6.07, 6.45) is 0.0409. The first-order valence-electron chi connectivity index (χ1n) is 9.60. The second-order valence-electron chi connectivity index (χ2n) is 7.08. The zero-order chi connectivity index (χ0) is 22.4. The van der Waals surface area contributed by atoms with Gasteiger partial charge < -0.3 is 20.1 Å². The van der Waals surface area contributed by atoms with Gasteiger partial charge in [0.1, 0.15) is 18.9 Å². The van der Waals surface area contributed by atoms with Gasteiger partial charge in [-0.1, -0.05) is 35.9 Å². The van der Waals surface area contributed by atoms with Crippen molar-refractivity contribution in [2.24, 2.45) is 5.92 Å². The van der Waals surface area contributed by atoms with Gasteiger partial charge in [0, 0.05) is 24.5 Å². The summed E-state index contributed by atoms with van der Waals surface area (Å²) in [4.78, 5) is 48.8. The highest BCUT2D eigenvalue weighted by Crippen LogP contribution is 2.20. The average molecular weight is 445 g/mol. The maximum Gasteiger partial charge on any atom is 0.322 e. The van der Waals surface area contributed by atoms with Crippen molar-refractivity contribution in [1.82, 2.24) is 10.2 Å². The molecule has 2 amide bonds. The van der Waals surface area contributed by atoms with Gasteiger partial charge in [-0.2, -0.15) is 0 Å². The molecule has 0 aliphatic carbocycles. The molecule has 0 spiro atoms. The van der Waals surface area contributed by atoms with Gasteiger partial charge in [-0.25, -0.2) is 0 Å². The summed E-state index contributed by atoms with van der Waals surface area (Å²) < 4.78 is 5.74. The van der Waals surface area contributed by atoms with E-state index >= 15 is 0 Å². The molecule has 0 saturated carbocycles. The molecular formula is C22H21ClN2O6. The molecule has 1 heterocycles. The van der Waals surface area contributed by atoms with Crippen molar-refractivity contribution in [3.05, 3.63) is 64.7 Å². The molecule has 2 aromatic carbocycles. The van der Waals surface area contributed by atoms with Crippen LogP contribution in [0.3, 0.4) is 0 Å². The molecule has 1 aliphatic heterocycles. The predicted octanol–water partition coefficient (Wildman–Crippen LogP) is 2.04. The summed E-state index contributed by atoms with van der Waals surface area (Å²) in [6, 6.07) is 14.5. The van der Waals surface area contributed by atoms with Crippen molar-refractivity contribution in [2.75, 3.05) is 13.1 Å². The lowest BCUT2D eigenvalue weighted by atomic mass is 9.94. The van der Waals surface area contributed by atoms with Crippen LogP contribution in [0.15, 0.2) is 48.5 Å². The zero-order valence-corrected chi connectivity index (χ0v) is 17.3. The number of carboxylic acids is 1. The van der Waals surface area contributed by atoms with Gasteiger partial charge in [-0.15, -0.1) is 0 Å². The van der Waals surface area contributed by atoms with E-state index in [1.807, 2.05) is 12.1 Å². The normalized spacial score (nSPS) is 16.2. The second kappa shape index (κ2) is 10.1. The number of amides is 2. The van der Waals surface area contributed by atoms with E-state index in [4.69, 9.17) is 21.4 Å². The Labute approximate surface area is 183 Å². The van der Waals surface area contributed by atoms with Crippen LogP contribution in [0, 0.1) is 5.92 Å². The number of hydrogen-bond donors (Lipinski definition) is 2. The van der Waals surface area contributed by atoms with Crippen LogP contribution >= 0.6 is 11.6 Å². The number of nitrogens with zero attached hydrogens (tertiary/aromatic N) is 1. The molecule has 1 aliphatic rings. The number of halogens is 1. The summed E-state index contributed by atoms with van der Waals surface area (Å²) in [5.41, 5.74) is 1.79. The molecule has 9 heteroatoms. The van der Waals surface area contributed by atoms with E-state index in [1.165, 1.54) is 4.90 Å². The van der Waals surface area contributed by atoms with E-state index < -0.39 is 36.0 Å². The molecule has 8 nitrogen and oxygen atoms in total. The third kappa shape index (κ3) is 6.05. The number of carboxylic acid groups (broad SMARTS) is 1. The summed E-state index contributed by atoms with van der Waals surface area (Å²) in [5.74, 6) is -4.11. The van der Waals surface area contributed by atoms with Crippen LogP contribution in [-0.2, 0) is 32.3 Å². The van der Waals surface area contributed by atoms with Crippen LogP contribution < -0.4 is 10.1 Å². The molecule has 0 aromatic heterocycles. The fourth-order valence-corrected chi connectivity index (χ4v) is 3.28. The molecule has 2 N–H and O–H groups in total. The molecule has 162 valence electrons. The fraction of sp³-hybridized carbons (Fsp3) is 0.273. The molecule has 3 rings (SSSR count). The van der Waals surface area contributed by atoms with Crippen molar-refractivity contribution in [3.63, 3.8) is 0 Å². The topological polar surface area (TPSA) is 113 Å². The number of ether oxygens (including phenoxy) is 1. The maximum absolute atomic E-state index is 12.6. The third-order valence-corrected chi connectivity index (χ3v) is 5.05. The average Bonchev–Trinajstić information content (AvgIpc) is 2.75. The number of ketones is 1. The number of benzene rings is 2. The van der Waals surface area contributed by atoms with Crippen LogP contribution in [-0.4, -0.2) is 46.7 Å². The standard InChI is InChI=1S/C22H21ClN2O6/c23-16-5-1-15(2-6-16)13-31-17-7-3-14(4-8-17)12-25-10-9-18(26)20(22(25)30)21(29)24-11-19(27)28/h1-8,20H,9-13H2,(H,24,29)(H,27,28). The van der Waals surface area contributed by atoms with Crippen LogP contribution in [0.1, 0.15) is 17.5 Å². The molecule has 1 atom stereocenters. The highest BCUT2D eigenvalue weighted by atomic mass is 35.5. The SMILES string of the molecule is O=C(O)CNC(=O)C1C(=O)CCN(Cc2ccc(OCc3ccc(Cl)cc3)cc2)C1=O. The lowest BCUT2D eigenvalue weighted by Gasteiger charge is -2.30. The van der Waals surface area contributed by atoms with Gasteiger partial charge in [0.25, 0.3) is 0 Å². The molecule has 1 saturated heterocycles. The Morgan fingerprint density at radius 2 is 1.71 bits per heavy atom. The third-order valence-electron chi connectivity index (χ3n) is 4.80. The van der Waals surface area contributed by atoms with Gasteiger partial charge in [0.05, 0.1) is 0 Å². The Bertz CT molecular complexity index is 975. The molecule has 1 fully saturated rings. The predicted molar refractivity (Wildman–Crippen MR) is 111 cm³/mol. The van der Waals surface area contributed by atoms with Gasteiger partial charge >= 0.3 is 5.97 Å². The van der Waals surface area contributed by atoms with E-state index in [9.17, 15) is 19.2 Å². The monoisotopic (exact) mass is 444 g/mol. The number of aliphatic carboxylic acids is 1. The second-order valence-corrected chi connectivity index (χ2v) is 7.52. The smallest absolute Gasteiger partial charge is 0.322 e. The van der Waals surface area contributed by atoms with Crippen molar-refractivity contribution in [3.8, 4) is 5.75 Å². The highest BCUT2D eigenvalue weighted by molar-refractivity contribution is 6.30. The van der Waals surface area contributed by atoms with Crippen molar-refractivity contribution >= 4 is 35.2 Å². The number of Topliss-reactive ketones (excluding diaryl/α,β-unsaturated/α-hetero) is 1. The Morgan fingerprint density at radius 3 is 2.35 bits per heavy atom. The molecular weight excluding hydrogens is 424 g/mol. The van der Waals surface area contributed by atoms with Crippen LogP contribution in [0.2, 0.25) is 5.02 Å². The van der Waals surface area contributed by atoms with E-state index in [0.717, 1.165) is 11.1 Å². The van der Waals surface area contributed by atoms with Gasteiger partial charge in [0.2, 0.25) is 11.8 Å². The number of nitrogens with one attached hydrogen (secondary N) is 1. The Kier molecular flexibility index (Phi) is 7.25. The van der Waals surface area contributed by atoms with E-state index in [-0.39, 0.29) is 19.5 Å². The van der Waals surface area contributed by atoms with Crippen molar-refractivity contribution < 1.29 is 29.0 Å². The number of piperidine rings is 1. The minimum Gasteiger partial charge on any atom is -0.489 e. The van der Waals surface area contributed by atoms with Crippen molar-refractivity contribution in [1.29, 1.82) is 0 Å². The summed E-state index contributed by atoms with van der Waals surface area (Å²) >= 11 is 5.87. The lowest BCUT2D eigenvalue weighted by molar-refractivity contribution is -0.152. The largest absolute Gasteiger partial charge is 0.489 e. The first kappa shape index (κ1) is 22.3. The lowest BCUT2D eigenvalue weighted by Crippen LogP contribution is -2.52. The number of rotatable bonds is 8. The summed E-state index contributed by atoms with van der Waals surface area (Å²) in [6.45, 7) is 0.172. The van der Waals surface area contributed by atoms with Crippen molar-refractivity contribution in [2.45, 2.75) is 19.6 Å². The van der Waals surface area contributed by atoms with E-state index in [2.05, 4.69) is 5.32 Å². The first-order valence-corrected chi connectivity index (χ1v) is 9.98. The number of carbonyl (C=O) groups is 4. The summed E-state index contributed by atoms with van der Waals surface area (Å²) in [5, 5.41) is 11.4.